The monoisotopic (exact) mass is 428 g/mol. The highest BCUT2D eigenvalue weighted by Gasteiger charge is 2.36. The van der Waals surface area contributed by atoms with Gasteiger partial charge in [0.05, 0.1) is 25.2 Å². The maximum atomic E-state index is 12.9. The van der Waals surface area contributed by atoms with Gasteiger partial charge in [-0.2, -0.15) is 4.31 Å². The summed E-state index contributed by atoms with van der Waals surface area (Å²) in [4.78, 5) is 25.9. The van der Waals surface area contributed by atoms with E-state index in [1.807, 2.05) is 19.0 Å². The van der Waals surface area contributed by atoms with Crippen molar-refractivity contribution in [1.82, 2.24) is 19.8 Å². The first-order valence-corrected chi connectivity index (χ1v) is 10.7. The molecule has 1 aliphatic heterocycles. The van der Waals surface area contributed by atoms with Gasteiger partial charge in [-0.15, -0.1) is 0 Å². The van der Waals surface area contributed by atoms with Crippen LogP contribution < -0.4 is 15.4 Å². The molecular formula is C18H28N4O6S. The van der Waals surface area contributed by atoms with Crippen LogP contribution in [0.2, 0.25) is 0 Å². The third-order valence-electron chi connectivity index (χ3n) is 4.32. The number of carbonyl (C=O) groups excluding carboxylic acids is 2. The average Bonchev–Trinajstić information content (AvgIpc) is 3.18. The zero-order valence-corrected chi connectivity index (χ0v) is 17.7. The van der Waals surface area contributed by atoms with Gasteiger partial charge in [-0.3, -0.25) is 9.59 Å². The summed E-state index contributed by atoms with van der Waals surface area (Å²) in [5, 5.41) is 4.96. The van der Waals surface area contributed by atoms with Gasteiger partial charge in [0.25, 0.3) is 0 Å². The molecule has 1 fully saturated rings. The van der Waals surface area contributed by atoms with Crippen molar-refractivity contribution in [1.29, 1.82) is 0 Å². The Balaban J connectivity index is 1.90. The SMILES string of the molecule is COc1ccc(S(=O)(=O)N2CCOC2CNC(=O)C(=O)NCCCN(C)C)cc1. The Morgan fingerprint density at radius 3 is 2.48 bits per heavy atom. The number of hydrogen-bond acceptors (Lipinski definition) is 7. The molecule has 2 amide bonds. The number of nitrogens with one attached hydrogen (secondary N) is 2. The van der Waals surface area contributed by atoms with Gasteiger partial charge in [-0.1, -0.05) is 0 Å². The molecule has 0 spiro atoms. The fraction of sp³-hybridized carbons (Fsp3) is 0.556. The Hall–Kier alpha value is -2.21. The summed E-state index contributed by atoms with van der Waals surface area (Å²) in [6, 6.07) is 6.01. The molecule has 0 radical (unpaired) electrons. The zero-order valence-electron chi connectivity index (χ0n) is 16.9. The predicted octanol–water partition coefficient (Wildman–Crippen LogP) is -0.774. The minimum atomic E-state index is -3.81. The lowest BCUT2D eigenvalue weighted by Crippen LogP contribution is -2.47. The molecule has 2 N–H and O–H groups in total. The van der Waals surface area contributed by atoms with Crippen LogP contribution in [0.5, 0.6) is 5.75 Å². The van der Waals surface area contributed by atoms with E-state index in [2.05, 4.69) is 10.6 Å². The normalized spacial score (nSPS) is 17.3. The number of nitrogens with zero attached hydrogens (tertiary/aromatic N) is 2. The Morgan fingerprint density at radius 2 is 1.86 bits per heavy atom. The smallest absolute Gasteiger partial charge is 0.309 e. The number of methoxy groups -OCH3 is 1. The predicted molar refractivity (Wildman–Crippen MR) is 106 cm³/mol. The molecule has 1 unspecified atom stereocenters. The van der Waals surface area contributed by atoms with Gasteiger partial charge in [0.1, 0.15) is 12.0 Å². The highest BCUT2D eigenvalue weighted by molar-refractivity contribution is 7.89. The molecule has 1 aliphatic rings. The summed E-state index contributed by atoms with van der Waals surface area (Å²) < 4.78 is 37.4. The molecule has 1 aromatic rings. The second kappa shape index (κ2) is 10.5. The van der Waals surface area contributed by atoms with Gasteiger partial charge in [-0.25, -0.2) is 8.42 Å². The maximum absolute atomic E-state index is 12.9. The van der Waals surface area contributed by atoms with Crippen molar-refractivity contribution < 1.29 is 27.5 Å². The summed E-state index contributed by atoms with van der Waals surface area (Å²) in [5.74, 6) is -1.04. The standard InChI is InChI=1S/C18H28N4O6S/c1-21(2)10-4-9-19-17(23)18(24)20-13-16-22(11-12-28-16)29(25,26)15-7-5-14(27-3)6-8-15/h5-8,16H,4,9-13H2,1-3H3,(H,19,23)(H,20,24). The number of rotatable bonds is 9. The minimum Gasteiger partial charge on any atom is -0.497 e. The quantitative estimate of drug-likeness (QED) is 0.392. The molecular weight excluding hydrogens is 400 g/mol. The van der Waals surface area contributed by atoms with Gasteiger partial charge in [-0.05, 0) is 51.3 Å². The number of benzene rings is 1. The van der Waals surface area contributed by atoms with Crippen LogP contribution in [0.15, 0.2) is 29.2 Å². The molecule has 11 heteroatoms. The second-order valence-electron chi connectivity index (χ2n) is 6.74. The fourth-order valence-electron chi connectivity index (χ4n) is 2.76. The highest BCUT2D eigenvalue weighted by Crippen LogP contribution is 2.23. The van der Waals surface area contributed by atoms with Crippen LogP contribution in [-0.4, -0.2) is 89.7 Å². The molecule has 1 atom stereocenters. The Labute approximate surface area is 171 Å². The molecule has 1 aromatic carbocycles. The molecule has 29 heavy (non-hydrogen) atoms. The van der Waals surface area contributed by atoms with Crippen molar-refractivity contribution in [2.45, 2.75) is 17.5 Å². The molecule has 0 bridgehead atoms. The summed E-state index contributed by atoms with van der Waals surface area (Å²) in [7, 11) is 1.52. The van der Waals surface area contributed by atoms with Crippen molar-refractivity contribution in [2.24, 2.45) is 0 Å². The lowest BCUT2D eigenvalue weighted by atomic mass is 10.3. The largest absolute Gasteiger partial charge is 0.497 e. The molecule has 162 valence electrons. The van der Waals surface area contributed by atoms with E-state index in [0.717, 1.165) is 6.54 Å². The number of sulfonamides is 1. The summed E-state index contributed by atoms with van der Waals surface area (Å²) in [5.41, 5.74) is 0. The number of carbonyl (C=O) groups is 2. The van der Waals surface area contributed by atoms with E-state index < -0.39 is 28.1 Å². The molecule has 1 saturated heterocycles. The van der Waals surface area contributed by atoms with E-state index in [1.54, 1.807) is 12.1 Å². The fourth-order valence-corrected chi connectivity index (χ4v) is 4.27. The van der Waals surface area contributed by atoms with E-state index in [1.165, 1.54) is 23.5 Å². The lowest BCUT2D eigenvalue weighted by molar-refractivity contribution is -0.139. The first-order chi connectivity index (χ1) is 13.8. The van der Waals surface area contributed by atoms with Crippen LogP contribution in [0.1, 0.15) is 6.42 Å². The molecule has 0 saturated carbocycles. The van der Waals surface area contributed by atoms with Crippen molar-refractivity contribution in [3.05, 3.63) is 24.3 Å². The molecule has 0 aliphatic carbocycles. The Bertz CT molecular complexity index is 797. The minimum absolute atomic E-state index is 0.0961. The van der Waals surface area contributed by atoms with Crippen LogP contribution in [0.3, 0.4) is 0 Å². The topological polar surface area (TPSA) is 117 Å². The Morgan fingerprint density at radius 1 is 1.21 bits per heavy atom. The van der Waals surface area contributed by atoms with Crippen LogP contribution >= 0.6 is 0 Å². The summed E-state index contributed by atoms with van der Waals surface area (Å²) in [6.45, 7) is 1.40. The van der Waals surface area contributed by atoms with Gasteiger partial charge in [0.15, 0.2) is 0 Å². The number of hydrogen-bond donors (Lipinski definition) is 2. The van der Waals surface area contributed by atoms with E-state index in [0.29, 0.717) is 18.7 Å². The Kier molecular flexibility index (Phi) is 8.38. The van der Waals surface area contributed by atoms with Crippen molar-refractivity contribution >= 4 is 21.8 Å². The van der Waals surface area contributed by atoms with Crippen molar-refractivity contribution in [2.75, 3.05) is 54.0 Å². The summed E-state index contributed by atoms with van der Waals surface area (Å²) >= 11 is 0. The highest BCUT2D eigenvalue weighted by atomic mass is 32.2. The van der Waals surface area contributed by atoms with E-state index in [-0.39, 0.29) is 24.6 Å². The molecule has 0 aromatic heterocycles. The molecule has 1 heterocycles. The van der Waals surface area contributed by atoms with Crippen LogP contribution in [0.25, 0.3) is 0 Å². The third kappa shape index (κ3) is 6.39. The maximum Gasteiger partial charge on any atom is 0.309 e. The molecule has 2 rings (SSSR count). The van der Waals surface area contributed by atoms with Gasteiger partial charge in [0.2, 0.25) is 10.0 Å². The molecule has 10 nitrogen and oxygen atoms in total. The van der Waals surface area contributed by atoms with E-state index >= 15 is 0 Å². The van der Waals surface area contributed by atoms with Gasteiger partial charge < -0.3 is 25.0 Å². The van der Waals surface area contributed by atoms with Crippen LogP contribution in [-0.2, 0) is 24.3 Å². The lowest BCUT2D eigenvalue weighted by Gasteiger charge is -2.23. The number of ether oxygens (including phenoxy) is 2. The van der Waals surface area contributed by atoms with Gasteiger partial charge in [0, 0.05) is 13.1 Å². The zero-order chi connectivity index (χ0) is 21.4. The first-order valence-electron chi connectivity index (χ1n) is 9.24. The summed E-state index contributed by atoms with van der Waals surface area (Å²) in [6.07, 6.45) is -0.168. The van der Waals surface area contributed by atoms with Gasteiger partial charge >= 0.3 is 11.8 Å². The van der Waals surface area contributed by atoms with Crippen LogP contribution in [0, 0.1) is 0 Å². The number of amides is 2. The van der Waals surface area contributed by atoms with E-state index in [9.17, 15) is 18.0 Å². The third-order valence-corrected chi connectivity index (χ3v) is 6.22. The van der Waals surface area contributed by atoms with Crippen LogP contribution in [0.4, 0.5) is 0 Å². The van der Waals surface area contributed by atoms with E-state index in [4.69, 9.17) is 9.47 Å². The van der Waals surface area contributed by atoms with Crippen molar-refractivity contribution in [3.63, 3.8) is 0 Å². The average molecular weight is 429 g/mol. The first kappa shape index (κ1) is 23.1. The van der Waals surface area contributed by atoms with Crippen molar-refractivity contribution in [3.8, 4) is 5.75 Å². The second-order valence-corrected chi connectivity index (χ2v) is 8.63.